The third-order valence-electron chi connectivity index (χ3n) is 4.59. The molecule has 1 heterocycles. The Balaban J connectivity index is 1.74. The Bertz CT molecular complexity index is 1060. The summed E-state index contributed by atoms with van der Waals surface area (Å²) in [5, 5.41) is 3.22. The van der Waals surface area contributed by atoms with E-state index in [1.807, 2.05) is 63.2 Å². The average molecular weight is 394 g/mol. The van der Waals surface area contributed by atoms with Crippen LogP contribution in [0.1, 0.15) is 23.6 Å². The number of amides is 1. The number of nitrogens with one attached hydrogen (secondary N) is 1. The maximum absolute atomic E-state index is 12.8. The second-order valence-corrected chi connectivity index (χ2v) is 7.49. The molecule has 0 spiro atoms. The number of nitrogens with zero attached hydrogens (tertiary/aromatic N) is 2. The van der Waals surface area contributed by atoms with Gasteiger partial charge in [0.25, 0.3) is 5.56 Å². The average Bonchev–Trinajstić information content (AvgIpc) is 2.70. The van der Waals surface area contributed by atoms with Crippen LogP contribution in [0.3, 0.4) is 0 Å². The quantitative estimate of drug-likeness (QED) is 0.639. The van der Waals surface area contributed by atoms with Gasteiger partial charge in [-0.15, -0.1) is 0 Å². The molecule has 3 aromatic rings. The second kappa shape index (κ2) is 8.89. The normalized spacial score (nSPS) is 10.7. The molecule has 0 radical (unpaired) electrons. The summed E-state index contributed by atoms with van der Waals surface area (Å²) in [6.07, 6.45) is 4.07. The zero-order chi connectivity index (χ0) is 20.1. The maximum Gasteiger partial charge on any atom is 0.287 e. The van der Waals surface area contributed by atoms with Crippen LogP contribution in [-0.2, 0) is 11.2 Å². The number of hydrogen-bond acceptors (Lipinski definition) is 4. The Morgan fingerprint density at radius 1 is 1.14 bits per heavy atom. The van der Waals surface area contributed by atoms with E-state index < -0.39 is 0 Å². The predicted molar refractivity (Wildman–Crippen MR) is 114 cm³/mol. The molecule has 1 N–H and O–H groups in total. The fourth-order valence-electron chi connectivity index (χ4n) is 2.84. The minimum Gasteiger partial charge on any atom is -0.325 e. The molecule has 0 aliphatic carbocycles. The smallest absolute Gasteiger partial charge is 0.287 e. The number of carbonyl (C=O) groups is 1. The maximum atomic E-state index is 12.8. The van der Waals surface area contributed by atoms with Crippen molar-refractivity contribution >= 4 is 23.4 Å². The van der Waals surface area contributed by atoms with Crippen molar-refractivity contribution < 1.29 is 4.79 Å². The van der Waals surface area contributed by atoms with Gasteiger partial charge in [0, 0.05) is 23.8 Å². The monoisotopic (exact) mass is 393 g/mol. The number of thioether (sulfide) groups is 1. The molecule has 0 saturated carbocycles. The molecule has 2 aromatic carbocycles. The number of aromatic nitrogens is 2. The highest BCUT2D eigenvalue weighted by atomic mass is 32.2. The van der Waals surface area contributed by atoms with Crippen LogP contribution in [0.15, 0.2) is 64.7 Å². The first kappa shape index (κ1) is 19.9. The van der Waals surface area contributed by atoms with E-state index in [4.69, 9.17) is 0 Å². The van der Waals surface area contributed by atoms with Crippen LogP contribution in [0.2, 0.25) is 0 Å². The third kappa shape index (κ3) is 4.51. The van der Waals surface area contributed by atoms with E-state index in [1.165, 1.54) is 5.56 Å². The fraction of sp³-hybridized carbons (Fsp3) is 0.227. The summed E-state index contributed by atoms with van der Waals surface area (Å²) in [5.74, 6) is -0.0364. The largest absolute Gasteiger partial charge is 0.325 e. The van der Waals surface area contributed by atoms with E-state index >= 15 is 0 Å². The lowest BCUT2D eigenvalue weighted by atomic mass is 10.1. The Labute approximate surface area is 168 Å². The van der Waals surface area contributed by atoms with Crippen molar-refractivity contribution in [3.8, 4) is 5.69 Å². The molecule has 3 rings (SSSR count). The first-order valence-corrected chi connectivity index (χ1v) is 10.1. The number of hydrogen-bond donors (Lipinski definition) is 1. The number of carbonyl (C=O) groups excluding carboxylic acids is 1. The minimum absolute atomic E-state index is 0.122. The van der Waals surface area contributed by atoms with Gasteiger partial charge in [-0.05, 0) is 55.2 Å². The number of rotatable bonds is 6. The molecule has 0 bridgehead atoms. The molecule has 5 nitrogen and oxygen atoms in total. The topological polar surface area (TPSA) is 64.0 Å². The lowest BCUT2D eigenvalue weighted by molar-refractivity contribution is -0.113. The second-order valence-electron chi connectivity index (χ2n) is 6.52. The van der Waals surface area contributed by atoms with Gasteiger partial charge >= 0.3 is 0 Å². The van der Waals surface area contributed by atoms with Gasteiger partial charge in [-0.25, -0.2) is 4.98 Å². The van der Waals surface area contributed by atoms with Gasteiger partial charge < -0.3 is 5.32 Å². The zero-order valence-corrected chi connectivity index (χ0v) is 17.0. The van der Waals surface area contributed by atoms with Crippen LogP contribution < -0.4 is 10.9 Å². The van der Waals surface area contributed by atoms with Crippen LogP contribution >= 0.6 is 11.8 Å². The Morgan fingerprint density at radius 2 is 1.93 bits per heavy atom. The molecule has 144 valence electrons. The lowest BCUT2D eigenvalue weighted by Gasteiger charge is -2.10. The Kier molecular flexibility index (Phi) is 6.31. The molecule has 1 amide bonds. The van der Waals surface area contributed by atoms with Crippen molar-refractivity contribution in [2.24, 2.45) is 0 Å². The van der Waals surface area contributed by atoms with Crippen molar-refractivity contribution in [3.05, 3.63) is 81.9 Å². The van der Waals surface area contributed by atoms with Crippen LogP contribution in [0.25, 0.3) is 5.69 Å². The van der Waals surface area contributed by atoms with Crippen molar-refractivity contribution in [2.45, 2.75) is 32.2 Å². The molecular weight excluding hydrogens is 370 g/mol. The molecule has 0 saturated heterocycles. The van der Waals surface area contributed by atoms with E-state index in [0.29, 0.717) is 5.03 Å². The van der Waals surface area contributed by atoms with Crippen LogP contribution in [0, 0.1) is 13.8 Å². The van der Waals surface area contributed by atoms with E-state index in [0.717, 1.165) is 40.7 Å². The SMILES string of the molecule is CCc1ccccc1NC(=O)CSc1nccn(-c2ccc(C)c(C)c2)c1=O. The van der Waals surface area contributed by atoms with Gasteiger partial charge in [0.15, 0.2) is 5.03 Å². The van der Waals surface area contributed by atoms with Crippen molar-refractivity contribution in [1.29, 1.82) is 0 Å². The number of benzene rings is 2. The van der Waals surface area contributed by atoms with Crippen molar-refractivity contribution in [3.63, 3.8) is 0 Å². The van der Waals surface area contributed by atoms with E-state index in [1.54, 1.807) is 17.0 Å². The minimum atomic E-state index is -0.225. The number of para-hydroxylation sites is 1. The standard InChI is InChI=1S/C22H23N3O2S/c1-4-17-7-5-6-8-19(17)24-20(26)14-28-21-22(27)25(12-11-23-21)18-10-9-15(2)16(3)13-18/h5-13H,4,14H2,1-3H3,(H,24,26). The van der Waals surface area contributed by atoms with Gasteiger partial charge in [-0.1, -0.05) is 43.0 Å². The van der Waals surface area contributed by atoms with E-state index in [-0.39, 0.29) is 17.2 Å². The zero-order valence-electron chi connectivity index (χ0n) is 16.2. The number of anilines is 1. The molecule has 28 heavy (non-hydrogen) atoms. The highest BCUT2D eigenvalue weighted by molar-refractivity contribution is 7.99. The molecule has 1 aromatic heterocycles. The van der Waals surface area contributed by atoms with Crippen molar-refractivity contribution in [2.75, 3.05) is 11.1 Å². The van der Waals surface area contributed by atoms with Crippen LogP contribution in [0.4, 0.5) is 5.69 Å². The lowest BCUT2D eigenvalue weighted by Crippen LogP contribution is -2.22. The molecule has 0 atom stereocenters. The van der Waals surface area contributed by atoms with Gasteiger partial charge in [-0.2, -0.15) is 0 Å². The summed E-state index contributed by atoms with van der Waals surface area (Å²) < 4.78 is 1.56. The van der Waals surface area contributed by atoms with Crippen LogP contribution in [0.5, 0.6) is 0 Å². The first-order valence-electron chi connectivity index (χ1n) is 9.15. The summed E-state index contributed by atoms with van der Waals surface area (Å²) in [6.45, 7) is 6.09. The molecule has 6 heteroatoms. The van der Waals surface area contributed by atoms with E-state index in [9.17, 15) is 9.59 Å². The summed E-state index contributed by atoms with van der Waals surface area (Å²) >= 11 is 1.15. The van der Waals surface area contributed by atoms with Gasteiger partial charge in [0.2, 0.25) is 5.91 Å². The summed E-state index contributed by atoms with van der Waals surface area (Å²) in [5.41, 5.74) is 4.74. The molecule has 0 fully saturated rings. The van der Waals surface area contributed by atoms with Crippen LogP contribution in [-0.4, -0.2) is 21.2 Å². The highest BCUT2D eigenvalue weighted by Crippen LogP contribution is 2.18. The Morgan fingerprint density at radius 3 is 2.68 bits per heavy atom. The molecule has 0 aliphatic rings. The summed E-state index contributed by atoms with van der Waals surface area (Å²) in [7, 11) is 0. The third-order valence-corrected chi connectivity index (χ3v) is 5.55. The molecular formula is C22H23N3O2S. The van der Waals surface area contributed by atoms with Crippen molar-refractivity contribution in [1.82, 2.24) is 9.55 Å². The van der Waals surface area contributed by atoms with Gasteiger partial charge in [0.1, 0.15) is 0 Å². The van der Waals surface area contributed by atoms with E-state index in [2.05, 4.69) is 10.3 Å². The van der Waals surface area contributed by atoms with Gasteiger partial charge in [-0.3, -0.25) is 14.2 Å². The van der Waals surface area contributed by atoms with Gasteiger partial charge in [0.05, 0.1) is 5.75 Å². The number of aryl methyl sites for hydroxylation is 3. The fourth-order valence-corrected chi connectivity index (χ4v) is 3.54. The predicted octanol–water partition coefficient (Wildman–Crippen LogP) is 4.14. The molecule has 0 aliphatic heterocycles. The highest BCUT2D eigenvalue weighted by Gasteiger charge is 2.11. The molecule has 0 unspecified atom stereocenters. The Hall–Kier alpha value is -2.86. The summed E-state index contributed by atoms with van der Waals surface area (Å²) in [4.78, 5) is 29.3. The first-order chi connectivity index (χ1) is 13.5. The summed E-state index contributed by atoms with van der Waals surface area (Å²) in [6, 6.07) is 13.6.